The van der Waals surface area contributed by atoms with Crippen molar-refractivity contribution in [1.82, 2.24) is 0 Å². The lowest BCUT2D eigenvalue weighted by molar-refractivity contribution is -0.123. The van der Waals surface area contributed by atoms with Crippen LogP contribution in [-0.2, 0) is 19.2 Å². The van der Waals surface area contributed by atoms with Gasteiger partial charge >= 0.3 is 0 Å². The summed E-state index contributed by atoms with van der Waals surface area (Å²) >= 11 is 9.49. The topological polar surface area (TPSA) is 101 Å². The first-order valence-corrected chi connectivity index (χ1v) is 13.7. The van der Waals surface area contributed by atoms with Crippen LogP contribution in [0, 0.1) is 17.8 Å². The standard InChI is InChI=1S/C30H23BrClNO6/c1-13-9-22(34)20-12-19-17(24(26(20)27(13)35)21-10-14(31)11-23(39-2)28(21)36)7-8-18-25(19)30(38)33(29(18)37)16-5-3-15(32)4-6-16/h3-7,9-11,18-19,24-25,36H,8,12H2,1-2H3/t18-,19+,24+,25-/m0/s1. The molecule has 0 aromatic heterocycles. The molecule has 4 atom stereocenters. The second kappa shape index (κ2) is 9.31. The number of amides is 2. The molecular formula is C30H23BrClNO6. The third kappa shape index (κ3) is 3.84. The second-order valence-electron chi connectivity index (χ2n) is 10.3. The van der Waals surface area contributed by atoms with E-state index >= 15 is 0 Å². The normalized spacial score (nSPS) is 26.2. The van der Waals surface area contributed by atoms with Gasteiger partial charge in [0.2, 0.25) is 11.8 Å². The smallest absolute Gasteiger partial charge is 0.238 e. The van der Waals surface area contributed by atoms with Gasteiger partial charge in [-0.25, -0.2) is 0 Å². The number of hydrogen-bond acceptors (Lipinski definition) is 6. The Bertz CT molecular complexity index is 1590. The second-order valence-corrected chi connectivity index (χ2v) is 11.6. The number of phenolic OH excluding ortho intramolecular Hbond substituents is 1. The van der Waals surface area contributed by atoms with Gasteiger partial charge in [-0.2, -0.15) is 0 Å². The number of methoxy groups -OCH3 is 1. The van der Waals surface area contributed by atoms with Gasteiger partial charge in [-0.05, 0) is 68.2 Å². The lowest BCUT2D eigenvalue weighted by atomic mass is 9.59. The Kier molecular flexibility index (Phi) is 6.15. The number of carbonyl (C=O) groups excluding carboxylic acids is 4. The minimum Gasteiger partial charge on any atom is -0.504 e. The fourth-order valence-corrected chi connectivity index (χ4v) is 7.11. The maximum atomic E-state index is 13.9. The zero-order valence-corrected chi connectivity index (χ0v) is 23.4. The SMILES string of the molecule is COc1cc(Br)cc([C@H]2C3=CC[C@@H]4C(=O)N(c5ccc(Cl)cc5)C(=O)[C@@H]4[C@@H]3CC3=C2C(=O)C(C)=CC3=O)c1O. The number of rotatable bonds is 3. The summed E-state index contributed by atoms with van der Waals surface area (Å²) in [6, 6.07) is 9.84. The van der Waals surface area contributed by atoms with Crippen molar-refractivity contribution in [2.24, 2.45) is 17.8 Å². The fraction of sp³-hybridized carbons (Fsp3) is 0.267. The summed E-state index contributed by atoms with van der Waals surface area (Å²) in [6.45, 7) is 1.60. The van der Waals surface area contributed by atoms with Crippen LogP contribution in [0.25, 0.3) is 0 Å². The number of fused-ring (bicyclic) bond motifs is 3. The van der Waals surface area contributed by atoms with Crippen molar-refractivity contribution in [2.75, 3.05) is 12.0 Å². The maximum Gasteiger partial charge on any atom is 0.238 e. The molecular weight excluding hydrogens is 586 g/mol. The summed E-state index contributed by atoms with van der Waals surface area (Å²) in [6.07, 6.45) is 3.70. The molecule has 6 rings (SSSR count). The van der Waals surface area contributed by atoms with E-state index in [9.17, 15) is 24.3 Å². The summed E-state index contributed by atoms with van der Waals surface area (Å²) in [4.78, 5) is 55.5. The molecule has 198 valence electrons. The predicted molar refractivity (Wildman–Crippen MR) is 148 cm³/mol. The molecule has 0 unspecified atom stereocenters. The van der Waals surface area contributed by atoms with E-state index in [1.54, 1.807) is 43.3 Å². The van der Waals surface area contributed by atoms with Gasteiger partial charge in [0.25, 0.3) is 0 Å². The van der Waals surface area contributed by atoms with Crippen molar-refractivity contribution < 1.29 is 29.0 Å². The third-order valence-corrected chi connectivity index (χ3v) is 8.96. The molecule has 39 heavy (non-hydrogen) atoms. The molecule has 3 aliphatic carbocycles. The van der Waals surface area contributed by atoms with Crippen molar-refractivity contribution in [3.8, 4) is 11.5 Å². The molecule has 2 amide bonds. The number of aromatic hydroxyl groups is 1. The quantitative estimate of drug-likeness (QED) is 0.283. The maximum absolute atomic E-state index is 13.9. The van der Waals surface area contributed by atoms with Crippen molar-refractivity contribution in [2.45, 2.75) is 25.7 Å². The molecule has 9 heteroatoms. The number of phenols is 1. The van der Waals surface area contributed by atoms with Crippen LogP contribution < -0.4 is 9.64 Å². The Labute approximate surface area is 237 Å². The highest BCUT2D eigenvalue weighted by molar-refractivity contribution is 9.10. The van der Waals surface area contributed by atoms with E-state index in [-0.39, 0.29) is 41.3 Å². The minimum absolute atomic E-state index is 0.148. The number of allylic oxidation sites excluding steroid dienone is 6. The van der Waals surface area contributed by atoms with E-state index < -0.39 is 23.7 Å². The van der Waals surface area contributed by atoms with Gasteiger partial charge in [0.05, 0.1) is 24.6 Å². The van der Waals surface area contributed by atoms with Crippen LogP contribution in [-0.4, -0.2) is 35.6 Å². The Balaban J connectivity index is 1.52. The number of nitrogens with zero attached hydrogens (tertiary/aromatic N) is 1. The van der Waals surface area contributed by atoms with Gasteiger partial charge in [0, 0.05) is 37.7 Å². The highest BCUT2D eigenvalue weighted by Crippen LogP contribution is 2.57. The van der Waals surface area contributed by atoms with Crippen LogP contribution in [0.4, 0.5) is 5.69 Å². The number of ketones is 2. The molecule has 0 saturated carbocycles. The monoisotopic (exact) mass is 607 g/mol. The van der Waals surface area contributed by atoms with Crippen molar-refractivity contribution in [3.63, 3.8) is 0 Å². The number of benzene rings is 2. The molecule has 7 nitrogen and oxygen atoms in total. The van der Waals surface area contributed by atoms with E-state index in [1.165, 1.54) is 18.1 Å². The molecule has 0 spiro atoms. The molecule has 1 saturated heterocycles. The molecule has 0 radical (unpaired) electrons. The highest BCUT2D eigenvalue weighted by atomic mass is 79.9. The van der Waals surface area contributed by atoms with Crippen LogP contribution in [0.3, 0.4) is 0 Å². The number of imide groups is 1. The Morgan fingerprint density at radius 2 is 1.77 bits per heavy atom. The van der Waals surface area contributed by atoms with Crippen LogP contribution in [0.5, 0.6) is 11.5 Å². The van der Waals surface area contributed by atoms with Crippen LogP contribution in [0.2, 0.25) is 5.02 Å². The molecule has 1 heterocycles. The van der Waals surface area contributed by atoms with Gasteiger partial charge in [0.1, 0.15) is 0 Å². The lowest BCUT2D eigenvalue weighted by Gasteiger charge is -2.42. The average Bonchev–Trinajstić information content (AvgIpc) is 3.17. The molecule has 1 aliphatic heterocycles. The van der Waals surface area contributed by atoms with Gasteiger partial charge in [-0.3, -0.25) is 24.1 Å². The van der Waals surface area contributed by atoms with E-state index in [0.717, 1.165) is 5.57 Å². The van der Waals surface area contributed by atoms with Crippen LogP contribution in [0.15, 0.2) is 75.3 Å². The molecule has 1 fully saturated rings. The van der Waals surface area contributed by atoms with Gasteiger partial charge in [-0.15, -0.1) is 0 Å². The number of ether oxygens (including phenoxy) is 1. The van der Waals surface area contributed by atoms with Crippen molar-refractivity contribution >= 4 is 56.6 Å². The first kappa shape index (κ1) is 25.8. The number of carbonyl (C=O) groups is 4. The fourth-order valence-electron chi connectivity index (χ4n) is 6.53. The Hall–Kier alpha value is -3.49. The first-order chi connectivity index (χ1) is 18.6. The summed E-state index contributed by atoms with van der Waals surface area (Å²) in [5, 5.41) is 11.7. The van der Waals surface area contributed by atoms with Crippen molar-refractivity contribution in [3.05, 3.63) is 85.9 Å². The van der Waals surface area contributed by atoms with E-state index in [2.05, 4.69) is 15.9 Å². The summed E-state index contributed by atoms with van der Waals surface area (Å²) in [5.41, 5.74) is 2.53. The van der Waals surface area contributed by atoms with Gasteiger partial charge in [0.15, 0.2) is 23.1 Å². The highest BCUT2D eigenvalue weighted by Gasteiger charge is 2.57. The Morgan fingerprint density at radius 3 is 2.46 bits per heavy atom. The Morgan fingerprint density at radius 1 is 1.05 bits per heavy atom. The zero-order valence-electron chi connectivity index (χ0n) is 21.0. The number of hydrogen-bond donors (Lipinski definition) is 1. The predicted octanol–water partition coefficient (Wildman–Crippen LogP) is 5.45. The largest absolute Gasteiger partial charge is 0.504 e. The molecule has 4 aliphatic rings. The minimum atomic E-state index is -0.779. The summed E-state index contributed by atoms with van der Waals surface area (Å²) in [5.74, 6) is -3.74. The number of Topliss-reactive ketones (excluding diaryl/α,β-unsaturated/α-hetero) is 1. The molecule has 1 N–H and O–H groups in total. The molecule has 2 aromatic carbocycles. The first-order valence-electron chi connectivity index (χ1n) is 12.5. The summed E-state index contributed by atoms with van der Waals surface area (Å²) in [7, 11) is 1.43. The van der Waals surface area contributed by atoms with Crippen LogP contribution >= 0.6 is 27.5 Å². The van der Waals surface area contributed by atoms with Gasteiger partial charge < -0.3 is 9.84 Å². The van der Waals surface area contributed by atoms with Gasteiger partial charge in [-0.1, -0.05) is 39.2 Å². The van der Waals surface area contributed by atoms with E-state index in [4.69, 9.17) is 16.3 Å². The number of anilines is 1. The number of halogens is 2. The average molecular weight is 609 g/mol. The molecule has 2 aromatic rings. The third-order valence-electron chi connectivity index (χ3n) is 8.25. The molecule has 0 bridgehead atoms. The lowest BCUT2D eigenvalue weighted by Crippen LogP contribution is -2.39. The van der Waals surface area contributed by atoms with E-state index in [1.807, 2.05) is 6.08 Å². The van der Waals surface area contributed by atoms with E-state index in [0.29, 0.717) is 43.9 Å². The summed E-state index contributed by atoms with van der Waals surface area (Å²) < 4.78 is 6.00. The zero-order chi connectivity index (χ0) is 27.7. The van der Waals surface area contributed by atoms with Crippen molar-refractivity contribution in [1.29, 1.82) is 0 Å². The van der Waals surface area contributed by atoms with Crippen LogP contribution in [0.1, 0.15) is 31.2 Å².